The van der Waals surface area contributed by atoms with Gasteiger partial charge in [-0.1, -0.05) is 40.5 Å². The summed E-state index contributed by atoms with van der Waals surface area (Å²) in [6.45, 7) is 9.51. The summed E-state index contributed by atoms with van der Waals surface area (Å²) in [6, 6.07) is 0.132. The number of amides is 2. The molecular weight excluding hydrogens is 450 g/mol. The summed E-state index contributed by atoms with van der Waals surface area (Å²) in [5.74, 6) is 0.0676. The van der Waals surface area contributed by atoms with Crippen molar-refractivity contribution in [2.24, 2.45) is 23.7 Å². The summed E-state index contributed by atoms with van der Waals surface area (Å²) in [7, 11) is 1.57. The number of anilines is 2. The molecule has 35 heavy (non-hydrogen) atoms. The van der Waals surface area contributed by atoms with Crippen molar-refractivity contribution in [3.8, 4) is 0 Å². The van der Waals surface area contributed by atoms with E-state index in [9.17, 15) is 19.2 Å². The molecule has 1 aliphatic carbocycles. The molecule has 2 amide bonds. The second-order valence-corrected chi connectivity index (χ2v) is 10.6. The van der Waals surface area contributed by atoms with Crippen LogP contribution in [0, 0.1) is 23.7 Å². The molecule has 2 heterocycles. The number of rotatable bonds is 9. The molecule has 3 N–H and O–H groups in total. The monoisotopic (exact) mass is 491 g/mol. The van der Waals surface area contributed by atoms with Gasteiger partial charge in [-0.2, -0.15) is 0 Å². The molecule has 10 nitrogen and oxygen atoms in total. The predicted molar refractivity (Wildman–Crippen MR) is 135 cm³/mol. The van der Waals surface area contributed by atoms with Crippen molar-refractivity contribution in [2.45, 2.75) is 72.4 Å². The van der Waals surface area contributed by atoms with Gasteiger partial charge in [0.05, 0.1) is 5.92 Å². The van der Waals surface area contributed by atoms with Crippen molar-refractivity contribution >= 4 is 23.3 Å². The predicted octanol–water partition coefficient (Wildman–Crippen LogP) is 1.82. The summed E-state index contributed by atoms with van der Waals surface area (Å²) < 4.78 is 6.45. The van der Waals surface area contributed by atoms with Crippen LogP contribution >= 0.6 is 0 Å². The lowest BCUT2D eigenvalue weighted by molar-refractivity contribution is -0.132. The smallest absolute Gasteiger partial charge is 0.330 e. The van der Waals surface area contributed by atoms with Gasteiger partial charge in [0.1, 0.15) is 5.82 Å². The van der Waals surface area contributed by atoms with Crippen LogP contribution in [0.1, 0.15) is 59.8 Å². The van der Waals surface area contributed by atoms with Crippen molar-refractivity contribution in [3.63, 3.8) is 0 Å². The number of hydrogen-bond donors (Lipinski definition) is 2. The number of nitrogen functional groups attached to an aromatic ring is 1. The number of nitrogens with two attached hydrogens (primary N) is 1. The minimum atomic E-state index is -0.700. The Morgan fingerprint density at radius 1 is 1.23 bits per heavy atom. The zero-order valence-corrected chi connectivity index (χ0v) is 21.7. The first kappa shape index (κ1) is 27.0. The molecule has 1 saturated heterocycles. The van der Waals surface area contributed by atoms with Gasteiger partial charge < -0.3 is 20.3 Å². The SMILES string of the molecule is COCCCN(C(=O)[C@@H]1CC(=O)N([C@@H]2CCC[C@H](C)[C@@H]2C)C1)c1c(N)n(CC(C)C)c(=O)[nH]c1=O. The van der Waals surface area contributed by atoms with Crippen molar-refractivity contribution in [1.29, 1.82) is 0 Å². The number of nitrogens with zero attached hydrogens (tertiary/aromatic N) is 3. The van der Waals surface area contributed by atoms with Crippen LogP contribution in [0.5, 0.6) is 0 Å². The molecule has 1 aromatic rings. The third-order valence-corrected chi connectivity index (χ3v) is 7.60. The summed E-state index contributed by atoms with van der Waals surface area (Å²) in [4.78, 5) is 57.7. The number of methoxy groups -OCH3 is 1. The van der Waals surface area contributed by atoms with E-state index in [0.717, 1.165) is 19.3 Å². The third-order valence-electron chi connectivity index (χ3n) is 7.60. The van der Waals surface area contributed by atoms with E-state index in [2.05, 4.69) is 18.8 Å². The van der Waals surface area contributed by atoms with Gasteiger partial charge in [0, 0.05) is 45.8 Å². The highest BCUT2D eigenvalue weighted by Gasteiger charge is 2.43. The van der Waals surface area contributed by atoms with Crippen LogP contribution in [0.2, 0.25) is 0 Å². The third kappa shape index (κ3) is 5.79. The second kappa shape index (κ2) is 11.4. The number of aromatic nitrogens is 2. The topological polar surface area (TPSA) is 131 Å². The number of hydrogen-bond acceptors (Lipinski definition) is 6. The Morgan fingerprint density at radius 3 is 2.60 bits per heavy atom. The van der Waals surface area contributed by atoms with Crippen molar-refractivity contribution in [3.05, 3.63) is 20.8 Å². The Hall–Kier alpha value is -2.62. The van der Waals surface area contributed by atoms with E-state index in [1.54, 1.807) is 7.11 Å². The van der Waals surface area contributed by atoms with E-state index in [4.69, 9.17) is 10.5 Å². The van der Waals surface area contributed by atoms with Crippen molar-refractivity contribution < 1.29 is 14.3 Å². The number of likely N-dealkylation sites (tertiary alicyclic amines) is 1. The Morgan fingerprint density at radius 2 is 1.94 bits per heavy atom. The molecule has 1 aliphatic heterocycles. The molecule has 10 heteroatoms. The summed E-state index contributed by atoms with van der Waals surface area (Å²) in [5, 5.41) is 0. The van der Waals surface area contributed by atoms with E-state index in [-0.39, 0.29) is 48.2 Å². The largest absolute Gasteiger partial charge is 0.385 e. The quantitative estimate of drug-likeness (QED) is 0.507. The fourth-order valence-electron chi connectivity index (χ4n) is 5.52. The molecule has 0 unspecified atom stereocenters. The van der Waals surface area contributed by atoms with Crippen LogP contribution < -0.4 is 21.9 Å². The molecular formula is C25H41N5O5. The molecule has 2 fully saturated rings. The van der Waals surface area contributed by atoms with E-state index in [0.29, 0.717) is 38.0 Å². The maximum absolute atomic E-state index is 13.8. The average Bonchev–Trinajstić information content (AvgIpc) is 3.18. The maximum atomic E-state index is 13.8. The normalized spacial score (nSPS) is 24.9. The molecule has 2 aliphatic rings. The highest BCUT2D eigenvalue weighted by atomic mass is 16.5. The number of ether oxygens (including phenoxy) is 1. The standard InChI is InChI=1S/C25H41N5O5/c1-15(2)13-30-22(26)21(23(32)27-25(30)34)28(10-7-11-35-5)24(33)18-12-20(31)29(14-18)19-9-6-8-16(3)17(19)4/h15-19H,6-14,26H2,1-5H3,(H,27,32,34)/t16-,17-,18+,19+/m0/s1. The van der Waals surface area contributed by atoms with Crippen LogP contribution in [-0.2, 0) is 20.9 Å². The van der Waals surface area contributed by atoms with E-state index in [1.165, 1.54) is 9.47 Å². The lowest BCUT2D eigenvalue weighted by atomic mass is 9.77. The molecule has 1 saturated carbocycles. The molecule has 4 atom stereocenters. The van der Waals surface area contributed by atoms with Gasteiger partial charge in [0.2, 0.25) is 11.8 Å². The first-order chi connectivity index (χ1) is 16.6. The number of nitrogens with one attached hydrogen (secondary N) is 1. The van der Waals surface area contributed by atoms with Gasteiger partial charge in [-0.15, -0.1) is 0 Å². The molecule has 1 aromatic heterocycles. The lowest BCUT2D eigenvalue weighted by Gasteiger charge is -2.40. The number of H-pyrrole nitrogens is 1. The molecule has 196 valence electrons. The highest BCUT2D eigenvalue weighted by molar-refractivity contribution is 6.00. The van der Waals surface area contributed by atoms with Crippen LogP contribution in [0.4, 0.5) is 11.5 Å². The Kier molecular flexibility index (Phi) is 8.79. The van der Waals surface area contributed by atoms with Gasteiger partial charge in [-0.05, 0) is 30.6 Å². The minimum absolute atomic E-state index is 0.0159. The zero-order valence-electron chi connectivity index (χ0n) is 21.7. The van der Waals surface area contributed by atoms with Gasteiger partial charge in [-0.3, -0.25) is 23.9 Å². The number of aromatic amines is 1. The molecule has 0 bridgehead atoms. The van der Waals surface area contributed by atoms with Crippen molar-refractivity contribution in [2.75, 3.05) is 37.4 Å². The van der Waals surface area contributed by atoms with E-state index < -0.39 is 17.2 Å². The van der Waals surface area contributed by atoms with E-state index in [1.807, 2.05) is 18.7 Å². The van der Waals surface area contributed by atoms with E-state index >= 15 is 0 Å². The van der Waals surface area contributed by atoms with Gasteiger partial charge >= 0.3 is 5.69 Å². The van der Waals surface area contributed by atoms with Crippen LogP contribution in [-0.4, -0.2) is 59.1 Å². The second-order valence-electron chi connectivity index (χ2n) is 10.6. The van der Waals surface area contributed by atoms with Crippen molar-refractivity contribution in [1.82, 2.24) is 14.5 Å². The first-order valence-electron chi connectivity index (χ1n) is 12.8. The maximum Gasteiger partial charge on any atom is 0.330 e. The fourth-order valence-corrected chi connectivity index (χ4v) is 5.52. The highest BCUT2D eigenvalue weighted by Crippen LogP contribution is 2.36. The fraction of sp³-hybridized carbons (Fsp3) is 0.760. The molecule has 0 spiro atoms. The molecule has 3 rings (SSSR count). The van der Waals surface area contributed by atoms with Gasteiger partial charge in [0.25, 0.3) is 5.56 Å². The number of carbonyl (C=O) groups is 2. The van der Waals surface area contributed by atoms with Crippen LogP contribution in [0.15, 0.2) is 9.59 Å². The van der Waals surface area contributed by atoms with Gasteiger partial charge in [0.15, 0.2) is 5.69 Å². The summed E-state index contributed by atoms with van der Waals surface area (Å²) >= 11 is 0. The summed E-state index contributed by atoms with van der Waals surface area (Å²) in [6.07, 6.45) is 3.77. The minimum Gasteiger partial charge on any atom is -0.385 e. The Labute approximate surface area is 206 Å². The van der Waals surface area contributed by atoms with Crippen LogP contribution in [0.25, 0.3) is 0 Å². The summed E-state index contributed by atoms with van der Waals surface area (Å²) in [5.41, 5.74) is 4.99. The zero-order chi connectivity index (χ0) is 25.9. The molecule has 0 radical (unpaired) electrons. The molecule has 0 aromatic carbocycles. The number of carbonyl (C=O) groups excluding carboxylic acids is 2. The van der Waals surface area contributed by atoms with Gasteiger partial charge in [-0.25, -0.2) is 4.79 Å². The lowest BCUT2D eigenvalue weighted by Crippen LogP contribution is -2.47. The first-order valence-corrected chi connectivity index (χ1v) is 12.8. The van der Waals surface area contributed by atoms with Crippen LogP contribution in [0.3, 0.4) is 0 Å². The Balaban J connectivity index is 1.92. The Bertz CT molecular complexity index is 1030. The average molecular weight is 492 g/mol.